The van der Waals surface area contributed by atoms with E-state index in [1.54, 1.807) is 6.07 Å². The van der Waals surface area contributed by atoms with Crippen LogP contribution >= 0.6 is 0 Å². The average molecular weight is 295 g/mol. The van der Waals surface area contributed by atoms with Crippen LogP contribution in [0.15, 0.2) is 42.5 Å². The van der Waals surface area contributed by atoms with E-state index < -0.39 is 0 Å². The number of fused-ring (bicyclic) bond motifs is 1. The molecule has 2 aromatic carbocycles. The molecule has 0 N–H and O–H groups in total. The van der Waals surface area contributed by atoms with Crippen LogP contribution in [-0.4, -0.2) is 29.4 Å². The summed E-state index contributed by atoms with van der Waals surface area (Å²) in [4.78, 5) is 11.4. The van der Waals surface area contributed by atoms with E-state index in [1.165, 1.54) is 0 Å². The summed E-state index contributed by atoms with van der Waals surface area (Å²) in [5.74, 6) is -0.232. The SMILES string of the molecule is O=C([O][SbH2])c1cccc2ccccc12. The molecule has 0 saturated carbocycles. The molecule has 14 heavy (non-hydrogen) atoms. The molecular formula is C11H9O2Sb. The molecule has 0 atom stereocenters. The topological polar surface area (TPSA) is 26.3 Å². The first-order valence-corrected chi connectivity index (χ1v) is 5.56. The third-order valence-corrected chi connectivity index (χ3v) is 2.73. The summed E-state index contributed by atoms with van der Waals surface area (Å²) < 4.78 is 4.84. The molecule has 70 valence electrons. The second kappa shape index (κ2) is 4.01. The van der Waals surface area contributed by atoms with E-state index in [-0.39, 0.29) is 5.97 Å². The van der Waals surface area contributed by atoms with Gasteiger partial charge in [0.25, 0.3) is 0 Å². The number of rotatable bonds is 1. The Kier molecular flexibility index (Phi) is 2.74. The number of benzene rings is 2. The molecule has 3 heteroatoms. The van der Waals surface area contributed by atoms with Crippen molar-refractivity contribution in [2.75, 3.05) is 0 Å². The van der Waals surface area contributed by atoms with Gasteiger partial charge >= 0.3 is 96.0 Å². The average Bonchev–Trinajstić information content (AvgIpc) is 2.27. The van der Waals surface area contributed by atoms with E-state index >= 15 is 0 Å². The predicted molar refractivity (Wildman–Crippen MR) is 57.9 cm³/mol. The first kappa shape index (κ1) is 9.54. The third kappa shape index (κ3) is 1.62. The van der Waals surface area contributed by atoms with Crippen molar-refractivity contribution in [1.29, 1.82) is 0 Å². The first-order valence-electron chi connectivity index (χ1n) is 4.22. The number of hydrogen-bond acceptors (Lipinski definition) is 2. The Bertz CT molecular complexity index is 474. The molecule has 2 aromatic rings. The van der Waals surface area contributed by atoms with Gasteiger partial charge in [-0.15, -0.1) is 0 Å². The Morgan fingerprint density at radius 1 is 1.07 bits per heavy atom. The van der Waals surface area contributed by atoms with Gasteiger partial charge in [0.2, 0.25) is 0 Å². The van der Waals surface area contributed by atoms with Crippen molar-refractivity contribution in [2.24, 2.45) is 0 Å². The Labute approximate surface area is 95.9 Å². The maximum absolute atomic E-state index is 11.4. The Balaban J connectivity index is 2.71. The van der Waals surface area contributed by atoms with Crippen molar-refractivity contribution >= 4 is 40.2 Å². The molecule has 0 saturated heterocycles. The first-order chi connectivity index (χ1) is 6.83. The van der Waals surface area contributed by atoms with Gasteiger partial charge in [0.15, 0.2) is 0 Å². The van der Waals surface area contributed by atoms with Crippen molar-refractivity contribution in [1.82, 2.24) is 0 Å². The normalized spacial score (nSPS) is 10.1. The molecule has 0 unspecified atom stereocenters. The van der Waals surface area contributed by atoms with E-state index in [4.69, 9.17) is 3.02 Å². The van der Waals surface area contributed by atoms with Crippen LogP contribution in [0.1, 0.15) is 10.4 Å². The monoisotopic (exact) mass is 294 g/mol. The fraction of sp³-hybridized carbons (Fsp3) is 0. The number of hydrogen-bond donors (Lipinski definition) is 0. The maximum atomic E-state index is 11.4. The minimum absolute atomic E-state index is 0.232. The molecule has 2 rings (SSSR count). The molecule has 2 nitrogen and oxygen atoms in total. The molecule has 0 bridgehead atoms. The van der Waals surface area contributed by atoms with Crippen LogP contribution in [0, 0.1) is 0 Å². The van der Waals surface area contributed by atoms with Gasteiger partial charge in [-0.25, -0.2) is 0 Å². The molecule has 0 spiro atoms. The van der Waals surface area contributed by atoms with Crippen LogP contribution in [0.3, 0.4) is 0 Å². The molecule has 0 aromatic heterocycles. The van der Waals surface area contributed by atoms with Crippen LogP contribution in [0.5, 0.6) is 0 Å². The second-order valence-corrected chi connectivity index (χ2v) is 3.60. The molecular weight excluding hydrogens is 286 g/mol. The molecule has 0 fully saturated rings. The van der Waals surface area contributed by atoms with Gasteiger partial charge in [-0.05, 0) is 0 Å². The summed E-state index contributed by atoms with van der Waals surface area (Å²) in [7, 11) is 0. The fourth-order valence-corrected chi connectivity index (χ4v) is 1.83. The minimum atomic E-state index is -0.232. The van der Waals surface area contributed by atoms with Crippen LogP contribution in [0.2, 0.25) is 0 Å². The molecule has 0 amide bonds. The van der Waals surface area contributed by atoms with Crippen molar-refractivity contribution in [3.63, 3.8) is 0 Å². The summed E-state index contributed by atoms with van der Waals surface area (Å²) in [5, 5.41) is 2.02. The Morgan fingerprint density at radius 3 is 2.57 bits per heavy atom. The summed E-state index contributed by atoms with van der Waals surface area (Å²) in [6.07, 6.45) is 0. The van der Waals surface area contributed by atoms with Crippen molar-refractivity contribution in [3.8, 4) is 0 Å². The van der Waals surface area contributed by atoms with E-state index in [1.807, 2.05) is 36.4 Å². The number of carbonyl (C=O) groups excluding carboxylic acids is 1. The summed E-state index contributed by atoms with van der Waals surface area (Å²) in [5.41, 5.74) is 0.649. The van der Waals surface area contributed by atoms with Crippen LogP contribution < -0.4 is 0 Å². The van der Waals surface area contributed by atoms with Crippen LogP contribution in [0.4, 0.5) is 0 Å². The summed E-state index contributed by atoms with van der Waals surface area (Å²) in [6, 6.07) is 13.4. The number of carbonyl (C=O) groups is 1. The van der Waals surface area contributed by atoms with Gasteiger partial charge in [0.05, 0.1) is 0 Å². The van der Waals surface area contributed by atoms with Gasteiger partial charge in [0.1, 0.15) is 0 Å². The van der Waals surface area contributed by atoms with E-state index in [9.17, 15) is 4.79 Å². The zero-order valence-corrected chi connectivity index (χ0v) is 10.7. The zero-order chi connectivity index (χ0) is 9.97. The van der Waals surface area contributed by atoms with E-state index in [2.05, 4.69) is 0 Å². The quantitative estimate of drug-likeness (QED) is 0.746. The van der Waals surface area contributed by atoms with Gasteiger partial charge in [-0.2, -0.15) is 0 Å². The fourth-order valence-electron chi connectivity index (χ4n) is 1.47. The van der Waals surface area contributed by atoms with Crippen LogP contribution in [-0.2, 0) is 3.02 Å². The molecule has 0 aliphatic rings. The van der Waals surface area contributed by atoms with Crippen molar-refractivity contribution in [2.45, 2.75) is 0 Å². The zero-order valence-electron chi connectivity index (χ0n) is 7.44. The Hall–Kier alpha value is -1.01. The van der Waals surface area contributed by atoms with Gasteiger partial charge in [-0.1, -0.05) is 0 Å². The molecule has 0 aliphatic carbocycles. The molecule has 0 aliphatic heterocycles. The molecule has 0 heterocycles. The Morgan fingerprint density at radius 2 is 1.79 bits per heavy atom. The third-order valence-electron chi connectivity index (χ3n) is 2.12. The van der Waals surface area contributed by atoms with Gasteiger partial charge in [-0.3, -0.25) is 0 Å². The van der Waals surface area contributed by atoms with Crippen molar-refractivity contribution in [3.05, 3.63) is 48.0 Å². The van der Waals surface area contributed by atoms with E-state index in [0.717, 1.165) is 10.8 Å². The molecule has 0 radical (unpaired) electrons. The predicted octanol–water partition coefficient (Wildman–Crippen LogP) is 1.54. The van der Waals surface area contributed by atoms with Crippen molar-refractivity contribution < 1.29 is 7.81 Å². The van der Waals surface area contributed by atoms with E-state index in [0.29, 0.717) is 29.0 Å². The summed E-state index contributed by atoms with van der Waals surface area (Å²) in [6.45, 7) is 0. The summed E-state index contributed by atoms with van der Waals surface area (Å²) >= 11 is 0.495. The van der Waals surface area contributed by atoms with Gasteiger partial charge < -0.3 is 0 Å². The van der Waals surface area contributed by atoms with Crippen LogP contribution in [0.25, 0.3) is 10.8 Å². The second-order valence-electron chi connectivity index (χ2n) is 2.93. The standard InChI is InChI=1S/C11H8O2.Sb.2H/c12-11(13)10-7-3-5-8-4-1-2-6-9(8)10;;;/h1-7H,(H,12,13);;;/q;+1;;/p-1. The van der Waals surface area contributed by atoms with Gasteiger partial charge in [0, 0.05) is 0 Å².